The minimum absolute atomic E-state index is 0.00456. The first-order chi connectivity index (χ1) is 10.6. The number of nitrogens with zero attached hydrogens (tertiary/aromatic N) is 1. The van der Waals surface area contributed by atoms with Gasteiger partial charge in [-0.2, -0.15) is 0 Å². The van der Waals surface area contributed by atoms with Gasteiger partial charge in [-0.05, 0) is 12.1 Å². The standard InChI is InChI=1S/C14H15N3O5/c15-14(20)21-5-7-11-9(1-6(4-18)2-10(11)19)17-3-8-12(16-8)13(7)22-17/h1-2,4,7-8,12-13,16,19H,3,5H2,(H2,15,20). The van der Waals surface area contributed by atoms with Crippen molar-refractivity contribution in [1.29, 1.82) is 0 Å². The number of nitrogens with one attached hydrogen (secondary N) is 1. The fourth-order valence-corrected chi connectivity index (χ4v) is 3.41. The van der Waals surface area contributed by atoms with Crippen LogP contribution in [0.3, 0.4) is 0 Å². The third kappa shape index (κ3) is 1.92. The van der Waals surface area contributed by atoms with Crippen LogP contribution in [0.1, 0.15) is 21.8 Å². The maximum absolute atomic E-state index is 11.0. The van der Waals surface area contributed by atoms with Gasteiger partial charge in [0.1, 0.15) is 24.7 Å². The molecule has 116 valence electrons. The van der Waals surface area contributed by atoms with E-state index in [0.717, 1.165) is 0 Å². The van der Waals surface area contributed by atoms with Gasteiger partial charge in [0.05, 0.1) is 24.2 Å². The Morgan fingerprint density at radius 2 is 2.41 bits per heavy atom. The fourth-order valence-electron chi connectivity index (χ4n) is 3.41. The van der Waals surface area contributed by atoms with E-state index in [-0.39, 0.29) is 30.4 Å². The zero-order valence-electron chi connectivity index (χ0n) is 11.6. The molecule has 2 bridgehead atoms. The predicted octanol–water partition coefficient (Wildman–Crippen LogP) is -0.142. The van der Waals surface area contributed by atoms with E-state index in [1.165, 1.54) is 6.07 Å². The summed E-state index contributed by atoms with van der Waals surface area (Å²) in [6.07, 6.45) is -0.453. The molecule has 3 aliphatic rings. The summed E-state index contributed by atoms with van der Waals surface area (Å²) in [4.78, 5) is 27.9. The maximum Gasteiger partial charge on any atom is 0.404 e. The molecule has 3 aliphatic heterocycles. The SMILES string of the molecule is NC(=O)OCC1c2c(O)cc(C=O)cc2N2CC3NC3C1O2. The van der Waals surface area contributed by atoms with Gasteiger partial charge in [-0.25, -0.2) is 4.79 Å². The predicted molar refractivity (Wildman–Crippen MR) is 74.7 cm³/mol. The van der Waals surface area contributed by atoms with Crippen LogP contribution in [-0.4, -0.2) is 48.8 Å². The lowest BCUT2D eigenvalue weighted by Crippen LogP contribution is -2.49. The number of phenolic OH excluding ortho intramolecular Hbond substituents is 1. The second kappa shape index (κ2) is 4.59. The second-order valence-corrected chi connectivity index (χ2v) is 5.76. The first kappa shape index (κ1) is 13.4. The van der Waals surface area contributed by atoms with Crippen LogP contribution in [0.25, 0.3) is 0 Å². The number of benzene rings is 1. The highest BCUT2D eigenvalue weighted by Crippen LogP contribution is 2.48. The molecule has 3 heterocycles. The lowest BCUT2D eigenvalue weighted by Gasteiger charge is -2.42. The summed E-state index contributed by atoms with van der Waals surface area (Å²) in [5.74, 6) is -0.350. The van der Waals surface area contributed by atoms with E-state index in [4.69, 9.17) is 15.3 Å². The molecule has 1 amide bonds. The number of amides is 1. The van der Waals surface area contributed by atoms with Gasteiger partial charge >= 0.3 is 6.09 Å². The molecule has 4 atom stereocenters. The maximum atomic E-state index is 11.0. The molecule has 0 saturated carbocycles. The first-order valence-corrected chi connectivity index (χ1v) is 7.03. The van der Waals surface area contributed by atoms with E-state index in [0.29, 0.717) is 35.7 Å². The molecule has 4 rings (SSSR count). The summed E-state index contributed by atoms with van der Waals surface area (Å²) < 4.78 is 4.94. The summed E-state index contributed by atoms with van der Waals surface area (Å²) in [6, 6.07) is 3.53. The van der Waals surface area contributed by atoms with Crippen molar-refractivity contribution in [2.24, 2.45) is 5.73 Å². The van der Waals surface area contributed by atoms with Gasteiger partial charge < -0.3 is 20.9 Å². The summed E-state index contributed by atoms with van der Waals surface area (Å²) in [6.45, 7) is 0.652. The van der Waals surface area contributed by atoms with Gasteiger partial charge in [-0.3, -0.25) is 14.7 Å². The van der Waals surface area contributed by atoms with Crippen LogP contribution in [-0.2, 0) is 9.57 Å². The number of rotatable bonds is 3. The van der Waals surface area contributed by atoms with Crippen LogP contribution < -0.4 is 16.1 Å². The Labute approximate surface area is 125 Å². The zero-order chi connectivity index (χ0) is 15.4. The van der Waals surface area contributed by atoms with E-state index in [2.05, 4.69) is 5.32 Å². The number of fused-ring (bicyclic) bond motifs is 6. The van der Waals surface area contributed by atoms with E-state index < -0.39 is 6.09 Å². The minimum Gasteiger partial charge on any atom is -0.508 e. The summed E-state index contributed by atoms with van der Waals surface area (Å²) >= 11 is 0. The Balaban J connectivity index is 1.79. The van der Waals surface area contributed by atoms with Gasteiger partial charge in [-0.15, -0.1) is 0 Å². The smallest absolute Gasteiger partial charge is 0.404 e. The third-order valence-corrected chi connectivity index (χ3v) is 4.43. The lowest BCUT2D eigenvalue weighted by atomic mass is 9.85. The molecule has 4 unspecified atom stereocenters. The normalized spacial score (nSPS) is 31.0. The molecule has 0 spiro atoms. The number of hydrogen-bond acceptors (Lipinski definition) is 7. The van der Waals surface area contributed by atoms with Gasteiger partial charge in [-0.1, -0.05) is 0 Å². The van der Waals surface area contributed by atoms with Crippen molar-refractivity contribution < 1.29 is 24.3 Å². The monoisotopic (exact) mass is 305 g/mol. The summed E-state index contributed by atoms with van der Waals surface area (Å²) in [5, 5.41) is 15.3. The molecule has 8 heteroatoms. The molecule has 8 nitrogen and oxygen atoms in total. The average Bonchev–Trinajstić information content (AvgIpc) is 3.26. The van der Waals surface area contributed by atoms with Gasteiger partial charge in [0.2, 0.25) is 0 Å². The Kier molecular flexibility index (Phi) is 2.78. The molecule has 1 aromatic rings. The number of carbonyl (C=O) groups excluding carboxylic acids is 2. The fraction of sp³-hybridized carbons (Fsp3) is 0.429. The molecule has 22 heavy (non-hydrogen) atoms. The number of carbonyl (C=O) groups is 2. The van der Waals surface area contributed by atoms with E-state index in [1.54, 1.807) is 11.1 Å². The summed E-state index contributed by atoms with van der Waals surface area (Å²) in [7, 11) is 0. The molecule has 2 saturated heterocycles. The van der Waals surface area contributed by atoms with Crippen molar-refractivity contribution in [3.05, 3.63) is 23.3 Å². The van der Waals surface area contributed by atoms with Crippen molar-refractivity contribution >= 4 is 18.1 Å². The van der Waals surface area contributed by atoms with Crippen LogP contribution in [0.15, 0.2) is 12.1 Å². The topological polar surface area (TPSA) is 124 Å². The molecule has 4 N–H and O–H groups in total. The second-order valence-electron chi connectivity index (χ2n) is 5.76. The Morgan fingerprint density at radius 3 is 3.14 bits per heavy atom. The number of anilines is 1. The van der Waals surface area contributed by atoms with Crippen molar-refractivity contribution in [2.45, 2.75) is 24.1 Å². The van der Waals surface area contributed by atoms with E-state index in [9.17, 15) is 14.7 Å². The molecule has 1 aromatic carbocycles. The number of phenols is 1. The number of nitrogens with two attached hydrogens (primary N) is 1. The first-order valence-electron chi connectivity index (χ1n) is 7.03. The number of aromatic hydroxyl groups is 1. The summed E-state index contributed by atoms with van der Waals surface area (Å²) in [5.41, 5.74) is 6.66. The highest BCUT2D eigenvalue weighted by Gasteiger charge is 2.56. The van der Waals surface area contributed by atoms with Crippen LogP contribution in [0.5, 0.6) is 5.75 Å². The third-order valence-electron chi connectivity index (χ3n) is 4.43. The van der Waals surface area contributed by atoms with Crippen molar-refractivity contribution in [3.8, 4) is 5.75 Å². The van der Waals surface area contributed by atoms with Crippen molar-refractivity contribution in [2.75, 3.05) is 18.2 Å². The Hall–Kier alpha value is -2.32. The molecule has 0 aliphatic carbocycles. The molecule has 0 aromatic heterocycles. The van der Waals surface area contributed by atoms with Crippen molar-refractivity contribution in [1.82, 2.24) is 5.32 Å². The molecule has 0 radical (unpaired) electrons. The van der Waals surface area contributed by atoms with Crippen LogP contribution in [0.4, 0.5) is 10.5 Å². The van der Waals surface area contributed by atoms with E-state index >= 15 is 0 Å². The van der Waals surface area contributed by atoms with Gasteiger partial charge in [0, 0.05) is 17.2 Å². The van der Waals surface area contributed by atoms with Gasteiger partial charge in [0.15, 0.2) is 0 Å². The van der Waals surface area contributed by atoms with Crippen molar-refractivity contribution in [3.63, 3.8) is 0 Å². The Morgan fingerprint density at radius 1 is 1.59 bits per heavy atom. The Bertz CT molecular complexity index is 664. The molecular weight excluding hydrogens is 290 g/mol. The van der Waals surface area contributed by atoms with Crippen LogP contribution in [0, 0.1) is 0 Å². The lowest BCUT2D eigenvalue weighted by molar-refractivity contribution is -0.0260. The highest BCUT2D eigenvalue weighted by molar-refractivity contribution is 5.80. The molecule has 2 fully saturated rings. The number of ether oxygens (including phenoxy) is 1. The van der Waals surface area contributed by atoms with Crippen LogP contribution in [0.2, 0.25) is 0 Å². The average molecular weight is 305 g/mol. The number of aldehydes is 1. The largest absolute Gasteiger partial charge is 0.508 e. The zero-order valence-corrected chi connectivity index (χ0v) is 11.6. The minimum atomic E-state index is -0.871. The number of hydrogen-bond donors (Lipinski definition) is 3. The van der Waals surface area contributed by atoms with Crippen LogP contribution >= 0.6 is 0 Å². The molecular formula is C14H15N3O5. The quantitative estimate of drug-likeness (QED) is 0.524. The van der Waals surface area contributed by atoms with E-state index in [1.807, 2.05) is 0 Å². The number of primary amides is 1. The highest BCUT2D eigenvalue weighted by atomic mass is 16.7. The number of hydroxylamine groups is 1. The van der Waals surface area contributed by atoms with Gasteiger partial charge in [0.25, 0.3) is 0 Å².